The SMILES string of the molecule is CNC(c1cc(Cl)sc1Cl)C1C2CCc3ccccc3C21. The highest BCUT2D eigenvalue weighted by atomic mass is 35.5. The molecule has 4 heteroatoms. The molecule has 2 aromatic rings. The molecular weight excluding hydrogens is 321 g/mol. The van der Waals surface area contributed by atoms with Crippen molar-refractivity contribution in [2.24, 2.45) is 11.8 Å². The molecule has 1 saturated carbocycles. The maximum Gasteiger partial charge on any atom is 0.0992 e. The van der Waals surface area contributed by atoms with Gasteiger partial charge in [0.25, 0.3) is 0 Å². The average molecular weight is 338 g/mol. The molecule has 1 aromatic heterocycles. The number of fused-ring (bicyclic) bond motifs is 3. The number of hydrogen-bond donors (Lipinski definition) is 1. The topological polar surface area (TPSA) is 12.0 Å². The molecule has 0 aliphatic heterocycles. The van der Waals surface area contributed by atoms with Crippen LogP contribution in [-0.2, 0) is 6.42 Å². The van der Waals surface area contributed by atoms with Gasteiger partial charge >= 0.3 is 0 Å². The van der Waals surface area contributed by atoms with Crippen LogP contribution in [0.25, 0.3) is 0 Å². The third-order valence-electron chi connectivity index (χ3n) is 5.10. The zero-order valence-corrected chi connectivity index (χ0v) is 14.1. The van der Waals surface area contributed by atoms with Crippen LogP contribution < -0.4 is 5.32 Å². The number of nitrogens with one attached hydrogen (secondary N) is 1. The maximum atomic E-state index is 6.38. The molecule has 0 saturated heterocycles. The summed E-state index contributed by atoms with van der Waals surface area (Å²) in [7, 11) is 2.03. The van der Waals surface area contributed by atoms with Crippen molar-refractivity contribution in [2.75, 3.05) is 7.05 Å². The van der Waals surface area contributed by atoms with Gasteiger partial charge in [0.2, 0.25) is 0 Å². The number of halogens is 2. The average Bonchev–Trinajstić information content (AvgIpc) is 3.12. The Balaban J connectivity index is 1.68. The minimum absolute atomic E-state index is 0.308. The van der Waals surface area contributed by atoms with Gasteiger partial charge < -0.3 is 5.32 Å². The highest BCUT2D eigenvalue weighted by Crippen LogP contribution is 2.64. The largest absolute Gasteiger partial charge is 0.313 e. The summed E-state index contributed by atoms with van der Waals surface area (Å²) in [6, 6.07) is 11.3. The Morgan fingerprint density at radius 3 is 2.81 bits per heavy atom. The molecule has 4 rings (SSSR count). The number of benzene rings is 1. The first-order chi connectivity index (χ1) is 10.2. The molecule has 4 atom stereocenters. The van der Waals surface area contributed by atoms with E-state index >= 15 is 0 Å². The summed E-state index contributed by atoms with van der Waals surface area (Å²) >= 11 is 14.0. The van der Waals surface area contributed by atoms with Crippen molar-refractivity contribution in [1.82, 2.24) is 5.32 Å². The Bertz CT molecular complexity index is 681. The van der Waals surface area contributed by atoms with Crippen LogP contribution in [-0.4, -0.2) is 7.05 Å². The van der Waals surface area contributed by atoms with Gasteiger partial charge in [-0.3, -0.25) is 0 Å². The van der Waals surface area contributed by atoms with E-state index in [1.54, 1.807) is 5.56 Å². The predicted octanol–water partition coefficient (Wildman–Crippen LogP) is 5.29. The summed E-state index contributed by atoms with van der Waals surface area (Å²) in [5, 5.41) is 3.49. The van der Waals surface area contributed by atoms with E-state index in [1.165, 1.54) is 35.3 Å². The second kappa shape index (κ2) is 5.27. The molecule has 110 valence electrons. The Labute approximate surface area is 139 Å². The molecule has 0 spiro atoms. The Hall–Kier alpha value is -0.540. The summed E-state index contributed by atoms with van der Waals surface area (Å²) in [5.74, 6) is 2.11. The lowest BCUT2D eigenvalue weighted by Crippen LogP contribution is -2.19. The van der Waals surface area contributed by atoms with E-state index in [2.05, 4.69) is 29.6 Å². The van der Waals surface area contributed by atoms with Crippen molar-refractivity contribution in [3.8, 4) is 0 Å². The molecule has 21 heavy (non-hydrogen) atoms. The molecule has 0 amide bonds. The molecule has 1 heterocycles. The molecule has 2 aliphatic rings. The van der Waals surface area contributed by atoms with Gasteiger partial charge in [0, 0.05) is 11.6 Å². The molecule has 1 nitrogen and oxygen atoms in total. The van der Waals surface area contributed by atoms with Crippen LogP contribution in [0.15, 0.2) is 30.3 Å². The minimum Gasteiger partial charge on any atom is -0.313 e. The van der Waals surface area contributed by atoms with E-state index in [0.29, 0.717) is 17.9 Å². The quantitative estimate of drug-likeness (QED) is 0.802. The third-order valence-corrected chi connectivity index (χ3v) is 6.62. The Morgan fingerprint density at radius 1 is 1.29 bits per heavy atom. The molecule has 1 fully saturated rings. The summed E-state index contributed by atoms with van der Waals surface area (Å²) in [4.78, 5) is 0. The third kappa shape index (κ3) is 2.24. The first-order valence-electron chi connectivity index (χ1n) is 7.40. The second-order valence-corrected chi connectivity index (χ2v) is 8.34. The monoisotopic (exact) mass is 337 g/mol. The van der Waals surface area contributed by atoms with Gasteiger partial charge in [0.05, 0.1) is 8.67 Å². The Kier molecular flexibility index (Phi) is 3.54. The van der Waals surface area contributed by atoms with Crippen LogP contribution in [0.1, 0.15) is 35.1 Å². The van der Waals surface area contributed by atoms with E-state index in [0.717, 1.165) is 14.6 Å². The van der Waals surface area contributed by atoms with Gasteiger partial charge in [-0.15, -0.1) is 11.3 Å². The van der Waals surface area contributed by atoms with E-state index in [4.69, 9.17) is 23.2 Å². The van der Waals surface area contributed by atoms with Gasteiger partial charge in [-0.1, -0.05) is 47.5 Å². The van der Waals surface area contributed by atoms with Crippen LogP contribution in [0.3, 0.4) is 0 Å². The van der Waals surface area contributed by atoms with Crippen molar-refractivity contribution in [1.29, 1.82) is 0 Å². The predicted molar refractivity (Wildman–Crippen MR) is 90.6 cm³/mol. The summed E-state index contributed by atoms with van der Waals surface area (Å²) in [5.41, 5.74) is 4.26. The number of rotatable bonds is 3. The summed E-state index contributed by atoms with van der Waals surface area (Å²) in [6.45, 7) is 0. The first kappa shape index (κ1) is 14.1. The van der Waals surface area contributed by atoms with Gasteiger partial charge in [-0.05, 0) is 54.8 Å². The van der Waals surface area contributed by atoms with Gasteiger partial charge in [0.15, 0.2) is 0 Å². The van der Waals surface area contributed by atoms with Crippen LogP contribution in [0, 0.1) is 11.8 Å². The van der Waals surface area contributed by atoms with E-state index in [-0.39, 0.29) is 0 Å². The van der Waals surface area contributed by atoms with E-state index in [1.807, 2.05) is 13.1 Å². The lowest BCUT2D eigenvalue weighted by molar-refractivity contribution is 0.486. The number of thiophene rings is 1. The highest BCUT2D eigenvalue weighted by Gasteiger charge is 2.56. The lowest BCUT2D eigenvalue weighted by Gasteiger charge is -2.16. The summed E-state index contributed by atoms with van der Waals surface area (Å²) < 4.78 is 1.61. The highest BCUT2D eigenvalue weighted by molar-refractivity contribution is 7.20. The van der Waals surface area contributed by atoms with Gasteiger partial charge in [-0.25, -0.2) is 0 Å². The van der Waals surface area contributed by atoms with Crippen molar-refractivity contribution in [3.63, 3.8) is 0 Å². The minimum atomic E-state index is 0.308. The molecule has 1 aromatic carbocycles. The molecule has 1 N–H and O–H groups in total. The fourth-order valence-electron chi connectivity index (χ4n) is 4.19. The van der Waals surface area contributed by atoms with Crippen molar-refractivity contribution >= 4 is 34.5 Å². The van der Waals surface area contributed by atoms with Crippen LogP contribution in [0.4, 0.5) is 0 Å². The van der Waals surface area contributed by atoms with Gasteiger partial charge in [0.1, 0.15) is 0 Å². The molecule has 0 bridgehead atoms. The Morgan fingerprint density at radius 2 is 2.10 bits per heavy atom. The molecule has 4 unspecified atom stereocenters. The number of aryl methyl sites for hydroxylation is 1. The molecule has 0 radical (unpaired) electrons. The molecule has 2 aliphatic carbocycles. The van der Waals surface area contributed by atoms with E-state index < -0.39 is 0 Å². The smallest absolute Gasteiger partial charge is 0.0992 e. The second-order valence-electron chi connectivity index (χ2n) is 6.05. The lowest BCUT2D eigenvalue weighted by atomic mass is 9.92. The standard InChI is InChI=1S/C17H17Cl2NS/c1-20-16(12-8-13(18)21-17(12)19)15-11-7-6-9-4-2-3-5-10(9)14(11)15/h2-5,8,11,14-16,20H,6-7H2,1H3. The zero-order valence-electron chi connectivity index (χ0n) is 11.8. The van der Waals surface area contributed by atoms with Crippen molar-refractivity contribution < 1.29 is 0 Å². The fourth-order valence-corrected chi connectivity index (χ4v) is 5.74. The first-order valence-corrected chi connectivity index (χ1v) is 8.97. The van der Waals surface area contributed by atoms with Crippen molar-refractivity contribution in [3.05, 3.63) is 55.7 Å². The van der Waals surface area contributed by atoms with Crippen LogP contribution in [0.2, 0.25) is 8.67 Å². The maximum absolute atomic E-state index is 6.38. The van der Waals surface area contributed by atoms with Gasteiger partial charge in [-0.2, -0.15) is 0 Å². The van der Waals surface area contributed by atoms with Crippen molar-refractivity contribution in [2.45, 2.75) is 24.8 Å². The molecular formula is C17H17Cl2NS. The van der Waals surface area contributed by atoms with Crippen LogP contribution >= 0.6 is 34.5 Å². The summed E-state index contributed by atoms with van der Waals surface area (Å²) in [6.07, 6.45) is 2.50. The number of hydrogen-bond acceptors (Lipinski definition) is 2. The fraction of sp³-hybridized carbons (Fsp3) is 0.412. The van der Waals surface area contributed by atoms with E-state index in [9.17, 15) is 0 Å². The zero-order chi connectivity index (χ0) is 14.6. The normalized spacial score (nSPS) is 27.9. The van der Waals surface area contributed by atoms with Crippen LogP contribution in [0.5, 0.6) is 0 Å².